The van der Waals surface area contributed by atoms with Crippen molar-refractivity contribution in [2.45, 2.75) is 103 Å². The third-order valence-corrected chi connectivity index (χ3v) is 9.40. The van der Waals surface area contributed by atoms with E-state index in [0.29, 0.717) is 29.5 Å². The molecule has 11 heteroatoms. The molecule has 0 unspecified atom stereocenters. The fourth-order valence-corrected chi connectivity index (χ4v) is 6.84. The number of methoxy groups -OCH3 is 2. The minimum Gasteiger partial charge on any atom is -0.497 e. The van der Waals surface area contributed by atoms with E-state index in [-0.39, 0.29) is 18.6 Å². The Morgan fingerprint density at radius 3 is 2.48 bits per heavy atom. The molecule has 0 radical (unpaired) electrons. The van der Waals surface area contributed by atoms with Gasteiger partial charge in [-0.1, -0.05) is 40.5 Å². The Morgan fingerprint density at radius 2 is 1.75 bits per heavy atom. The summed E-state index contributed by atoms with van der Waals surface area (Å²) in [6.07, 6.45) is 6.06. The maximum absolute atomic E-state index is 14.2. The van der Waals surface area contributed by atoms with Crippen molar-refractivity contribution in [3.05, 3.63) is 23.9 Å². The van der Waals surface area contributed by atoms with Crippen LogP contribution in [-0.2, 0) is 25.5 Å². The lowest BCUT2D eigenvalue weighted by molar-refractivity contribution is -0.153. The van der Waals surface area contributed by atoms with Gasteiger partial charge in [-0.25, -0.2) is 19.6 Å². The second kappa shape index (κ2) is 13.2. The highest BCUT2D eigenvalue weighted by atomic mass is 16.6. The Bertz CT molecular complexity index is 1380. The van der Waals surface area contributed by atoms with Gasteiger partial charge in [0.1, 0.15) is 35.7 Å². The van der Waals surface area contributed by atoms with Crippen LogP contribution in [0.4, 0.5) is 4.79 Å². The Hall–Kier alpha value is -3.63. The molecule has 3 heterocycles. The molecular weight excluding hydrogens is 564 g/mol. The highest BCUT2D eigenvalue weighted by molar-refractivity contribution is 5.91. The van der Waals surface area contributed by atoms with Crippen molar-refractivity contribution in [2.75, 3.05) is 20.8 Å². The number of amides is 2. The van der Waals surface area contributed by atoms with E-state index < -0.39 is 41.6 Å². The number of fused-ring (bicyclic) bond motifs is 5. The van der Waals surface area contributed by atoms with E-state index >= 15 is 0 Å². The van der Waals surface area contributed by atoms with Gasteiger partial charge in [0.05, 0.1) is 31.8 Å². The lowest BCUT2D eigenvalue weighted by atomic mass is 9.85. The van der Waals surface area contributed by atoms with E-state index in [1.54, 1.807) is 7.11 Å². The first-order valence-corrected chi connectivity index (χ1v) is 15.9. The molecule has 11 nitrogen and oxygen atoms in total. The molecule has 1 aromatic carbocycles. The number of alkyl carbamates (subject to hydrolysis) is 1. The molecule has 5 rings (SSSR count). The number of carbonyl (C=O) groups is 3. The Kier molecular flexibility index (Phi) is 9.51. The summed E-state index contributed by atoms with van der Waals surface area (Å²) in [6, 6.07) is 3.73. The molecule has 44 heavy (non-hydrogen) atoms. The number of nitrogens with zero attached hydrogens (tertiary/aromatic N) is 3. The van der Waals surface area contributed by atoms with Crippen LogP contribution in [0.3, 0.4) is 0 Å². The van der Waals surface area contributed by atoms with Gasteiger partial charge < -0.3 is 29.2 Å². The van der Waals surface area contributed by atoms with Crippen molar-refractivity contribution >= 4 is 29.0 Å². The van der Waals surface area contributed by atoms with Crippen molar-refractivity contribution in [3.63, 3.8) is 0 Å². The minimum atomic E-state index is -0.935. The van der Waals surface area contributed by atoms with Crippen LogP contribution in [0.25, 0.3) is 11.0 Å². The Labute approximate surface area is 259 Å². The number of hydrogen-bond donors (Lipinski definition) is 1. The van der Waals surface area contributed by atoms with Crippen molar-refractivity contribution < 1.29 is 33.3 Å². The maximum atomic E-state index is 14.2. The number of ether oxygens (including phenoxy) is 4. The highest BCUT2D eigenvalue weighted by Crippen LogP contribution is 2.35. The second-order valence-corrected chi connectivity index (χ2v) is 13.5. The summed E-state index contributed by atoms with van der Waals surface area (Å²) in [5.41, 5.74) is 1.47. The molecule has 1 aromatic heterocycles. The van der Waals surface area contributed by atoms with E-state index in [9.17, 15) is 14.4 Å². The number of carbonyl (C=O) groups excluding carboxylic acids is 3. The Balaban J connectivity index is 1.53. The molecule has 1 aliphatic carbocycles. The fraction of sp³-hybridized carbons (Fsp3) is 0.667. The van der Waals surface area contributed by atoms with Crippen LogP contribution in [0.15, 0.2) is 18.2 Å². The Morgan fingerprint density at radius 1 is 0.977 bits per heavy atom. The van der Waals surface area contributed by atoms with Crippen molar-refractivity contribution in [3.8, 4) is 11.6 Å². The standard InChI is InChI=1S/C33H46N4O7/c1-19-26-18-37(27(19)31(39)42-6)30(38)28(33(2,3)4)36-32(40)44-25-14-10-12-20(25)11-8-7-9-13-23-29(43-26)35-24-17-21(41-5)15-16-22(24)34-23/h15-17,19-20,25-28H,7-14,18H2,1-6H3,(H,36,40)/t19-,20-,25-,26+,27+,28-/m1/s1. The summed E-state index contributed by atoms with van der Waals surface area (Å²) in [5, 5.41) is 2.87. The van der Waals surface area contributed by atoms with Crippen LogP contribution in [0.2, 0.25) is 0 Å². The van der Waals surface area contributed by atoms with Gasteiger partial charge >= 0.3 is 12.1 Å². The van der Waals surface area contributed by atoms with E-state index in [4.69, 9.17) is 28.9 Å². The summed E-state index contributed by atoms with van der Waals surface area (Å²) in [4.78, 5) is 51.9. The zero-order valence-electron chi connectivity index (χ0n) is 26.8. The lowest BCUT2D eigenvalue weighted by Gasteiger charge is -2.35. The molecule has 2 amide bonds. The summed E-state index contributed by atoms with van der Waals surface area (Å²) in [6.45, 7) is 7.63. The number of esters is 1. The van der Waals surface area contributed by atoms with Gasteiger partial charge in [-0.3, -0.25) is 4.79 Å². The van der Waals surface area contributed by atoms with Crippen LogP contribution in [0.5, 0.6) is 11.6 Å². The number of rotatable bonds is 2. The van der Waals surface area contributed by atoms with E-state index in [0.717, 1.165) is 56.2 Å². The summed E-state index contributed by atoms with van der Waals surface area (Å²) in [5.74, 6) is 0.000200. The SMILES string of the molecule is COC(=O)[C@@H]1[C@H](C)[C@@H]2CN1C(=O)[C@H](C(C)(C)C)NC(=O)O[C@@H]1CCC[C@H]1CCCCCc1nc3ccc(OC)cc3nc1O2. The topological polar surface area (TPSA) is 129 Å². The number of nitrogens with one attached hydrogen (secondary N) is 1. The van der Waals surface area contributed by atoms with Gasteiger partial charge in [0.2, 0.25) is 11.8 Å². The van der Waals surface area contributed by atoms with Gasteiger partial charge in [0.25, 0.3) is 0 Å². The molecule has 1 N–H and O–H groups in total. The normalized spacial score (nSPS) is 28.5. The largest absolute Gasteiger partial charge is 0.497 e. The first-order chi connectivity index (χ1) is 21.0. The van der Waals surface area contributed by atoms with Crippen LogP contribution in [0.1, 0.15) is 78.3 Å². The summed E-state index contributed by atoms with van der Waals surface area (Å²) < 4.78 is 23.1. The monoisotopic (exact) mass is 610 g/mol. The molecule has 3 aliphatic rings. The van der Waals surface area contributed by atoms with Crippen molar-refractivity contribution in [2.24, 2.45) is 17.3 Å². The predicted octanol–water partition coefficient (Wildman–Crippen LogP) is 4.83. The van der Waals surface area contributed by atoms with Gasteiger partial charge in [-0.15, -0.1) is 0 Å². The first-order valence-electron chi connectivity index (χ1n) is 15.9. The van der Waals surface area contributed by atoms with Gasteiger partial charge in [0, 0.05) is 12.0 Å². The molecule has 1 saturated heterocycles. The first kappa shape index (κ1) is 31.8. The molecule has 1 saturated carbocycles. The predicted molar refractivity (Wildman–Crippen MR) is 163 cm³/mol. The highest BCUT2D eigenvalue weighted by Gasteiger charge is 2.51. The molecule has 0 spiro atoms. The quantitative estimate of drug-likeness (QED) is 0.475. The van der Waals surface area contributed by atoms with Crippen LogP contribution < -0.4 is 14.8 Å². The summed E-state index contributed by atoms with van der Waals surface area (Å²) in [7, 11) is 2.91. The molecular formula is C33H46N4O7. The van der Waals surface area contributed by atoms with Crippen LogP contribution in [0, 0.1) is 17.3 Å². The molecule has 2 aromatic rings. The minimum absolute atomic E-state index is 0.116. The van der Waals surface area contributed by atoms with E-state index in [2.05, 4.69) is 5.32 Å². The van der Waals surface area contributed by atoms with Gasteiger partial charge in [-0.2, -0.15) is 0 Å². The third-order valence-electron chi connectivity index (χ3n) is 9.40. The number of hydrogen-bond acceptors (Lipinski definition) is 9. The maximum Gasteiger partial charge on any atom is 0.408 e. The average molecular weight is 611 g/mol. The van der Waals surface area contributed by atoms with Crippen molar-refractivity contribution in [1.82, 2.24) is 20.2 Å². The lowest BCUT2D eigenvalue weighted by Crippen LogP contribution is -2.57. The average Bonchev–Trinajstić information content (AvgIpc) is 3.56. The smallest absolute Gasteiger partial charge is 0.408 e. The molecule has 2 aliphatic heterocycles. The van der Waals surface area contributed by atoms with E-state index in [1.165, 1.54) is 12.0 Å². The zero-order valence-corrected chi connectivity index (χ0v) is 26.8. The van der Waals surface area contributed by atoms with Gasteiger partial charge in [0.15, 0.2) is 0 Å². The summed E-state index contributed by atoms with van der Waals surface area (Å²) >= 11 is 0. The van der Waals surface area contributed by atoms with E-state index in [1.807, 2.05) is 45.9 Å². The van der Waals surface area contributed by atoms with Crippen LogP contribution >= 0.6 is 0 Å². The molecule has 6 atom stereocenters. The molecule has 240 valence electrons. The fourth-order valence-electron chi connectivity index (χ4n) is 6.84. The second-order valence-electron chi connectivity index (χ2n) is 13.5. The number of aromatic nitrogens is 2. The van der Waals surface area contributed by atoms with Gasteiger partial charge in [-0.05, 0) is 62.0 Å². The van der Waals surface area contributed by atoms with Crippen molar-refractivity contribution in [1.29, 1.82) is 0 Å². The van der Waals surface area contributed by atoms with Crippen LogP contribution in [-0.4, -0.2) is 77.9 Å². The molecule has 2 bridgehead atoms. The number of aryl methyl sites for hydroxylation is 1. The zero-order chi connectivity index (χ0) is 31.6. The molecule has 2 fully saturated rings. The third kappa shape index (κ3) is 6.71. The number of benzene rings is 1.